The standard InChI is InChI=1S/C12H20N2O3/c1-12(2,3)17-11(16)14-10(9-15)7-5-4-6-8-13/h4,6,10,15H,5,7,9H2,1-3H3,(H,14,16). The van der Waals surface area contributed by atoms with Crippen LogP contribution in [-0.2, 0) is 4.74 Å². The summed E-state index contributed by atoms with van der Waals surface area (Å²) in [4.78, 5) is 11.4. The molecule has 0 fully saturated rings. The van der Waals surface area contributed by atoms with E-state index in [0.717, 1.165) is 0 Å². The minimum atomic E-state index is -0.551. The van der Waals surface area contributed by atoms with Gasteiger partial charge in [-0.25, -0.2) is 4.79 Å². The second kappa shape index (κ2) is 7.69. The average molecular weight is 240 g/mol. The zero-order chi connectivity index (χ0) is 13.3. The third-order valence-corrected chi connectivity index (χ3v) is 1.82. The fourth-order valence-corrected chi connectivity index (χ4v) is 1.12. The summed E-state index contributed by atoms with van der Waals surface area (Å²) in [6, 6.07) is 1.52. The molecular formula is C12H20N2O3. The van der Waals surface area contributed by atoms with Crippen molar-refractivity contribution in [2.75, 3.05) is 6.61 Å². The van der Waals surface area contributed by atoms with Gasteiger partial charge in [0.25, 0.3) is 0 Å². The lowest BCUT2D eigenvalue weighted by Crippen LogP contribution is -2.40. The van der Waals surface area contributed by atoms with E-state index in [9.17, 15) is 4.79 Å². The SMILES string of the molecule is CC(C)(C)OC(=O)NC(CO)CCC=CC#N. The van der Waals surface area contributed by atoms with Crippen molar-refractivity contribution in [3.8, 4) is 6.07 Å². The lowest BCUT2D eigenvalue weighted by Gasteiger charge is -2.22. The number of allylic oxidation sites excluding steroid dienone is 2. The van der Waals surface area contributed by atoms with E-state index < -0.39 is 11.7 Å². The molecule has 0 aliphatic carbocycles. The van der Waals surface area contributed by atoms with Gasteiger partial charge in [-0.15, -0.1) is 0 Å². The molecule has 0 saturated heterocycles. The summed E-state index contributed by atoms with van der Waals surface area (Å²) in [6.45, 7) is 5.17. The predicted octanol–water partition coefficient (Wildman–Crippen LogP) is 1.73. The van der Waals surface area contributed by atoms with Crippen molar-refractivity contribution in [3.05, 3.63) is 12.2 Å². The molecule has 2 N–H and O–H groups in total. The van der Waals surface area contributed by atoms with Crippen molar-refractivity contribution >= 4 is 6.09 Å². The first kappa shape index (κ1) is 15.5. The van der Waals surface area contributed by atoms with Crippen LogP contribution < -0.4 is 5.32 Å². The van der Waals surface area contributed by atoms with Gasteiger partial charge in [-0.1, -0.05) is 6.08 Å². The van der Waals surface area contributed by atoms with E-state index in [4.69, 9.17) is 15.1 Å². The van der Waals surface area contributed by atoms with Crippen LogP contribution >= 0.6 is 0 Å². The fraction of sp³-hybridized carbons (Fsp3) is 0.667. The Morgan fingerprint density at radius 1 is 1.59 bits per heavy atom. The minimum Gasteiger partial charge on any atom is -0.444 e. The van der Waals surface area contributed by atoms with E-state index in [0.29, 0.717) is 12.8 Å². The molecule has 1 amide bonds. The van der Waals surface area contributed by atoms with Crippen LogP contribution in [0.2, 0.25) is 0 Å². The second-order valence-electron chi connectivity index (χ2n) is 4.63. The number of aliphatic hydroxyl groups is 1. The van der Waals surface area contributed by atoms with Gasteiger partial charge in [0.2, 0.25) is 0 Å². The molecule has 0 aromatic carbocycles. The minimum absolute atomic E-state index is 0.153. The Morgan fingerprint density at radius 3 is 2.71 bits per heavy atom. The van der Waals surface area contributed by atoms with Crippen molar-refractivity contribution in [1.29, 1.82) is 5.26 Å². The number of hydrogen-bond donors (Lipinski definition) is 2. The van der Waals surface area contributed by atoms with Crippen LogP contribution in [0.4, 0.5) is 4.79 Å². The van der Waals surface area contributed by atoms with Crippen molar-refractivity contribution in [2.45, 2.75) is 45.3 Å². The van der Waals surface area contributed by atoms with E-state index >= 15 is 0 Å². The summed E-state index contributed by atoms with van der Waals surface area (Å²) in [5.41, 5.74) is -0.551. The number of alkyl carbamates (subject to hydrolysis) is 1. The maximum Gasteiger partial charge on any atom is 0.407 e. The van der Waals surface area contributed by atoms with Crippen LogP contribution in [0.3, 0.4) is 0 Å². The maximum atomic E-state index is 11.4. The van der Waals surface area contributed by atoms with Gasteiger partial charge in [0.05, 0.1) is 18.7 Å². The van der Waals surface area contributed by atoms with Gasteiger partial charge in [0, 0.05) is 6.08 Å². The van der Waals surface area contributed by atoms with E-state index in [1.54, 1.807) is 26.8 Å². The first-order chi connectivity index (χ1) is 7.89. The number of aliphatic hydroxyl groups excluding tert-OH is 1. The Balaban J connectivity index is 4.01. The Kier molecular flexibility index (Phi) is 6.99. The van der Waals surface area contributed by atoms with Gasteiger partial charge in [0.1, 0.15) is 5.60 Å². The Morgan fingerprint density at radius 2 is 2.24 bits per heavy atom. The van der Waals surface area contributed by atoms with Gasteiger partial charge < -0.3 is 15.2 Å². The van der Waals surface area contributed by atoms with E-state index in [1.165, 1.54) is 6.08 Å². The van der Waals surface area contributed by atoms with Gasteiger partial charge in [0.15, 0.2) is 0 Å². The highest BCUT2D eigenvalue weighted by atomic mass is 16.6. The lowest BCUT2D eigenvalue weighted by molar-refractivity contribution is 0.0479. The number of rotatable bonds is 5. The normalized spacial score (nSPS) is 13.1. The van der Waals surface area contributed by atoms with Crippen LogP contribution in [0.5, 0.6) is 0 Å². The molecule has 0 aliphatic rings. The van der Waals surface area contributed by atoms with Gasteiger partial charge in [-0.05, 0) is 33.6 Å². The molecule has 0 rings (SSSR count). The number of carbonyl (C=O) groups excluding carboxylic acids is 1. The first-order valence-corrected chi connectivity index (χ1v) is 5.54. The number of amides is 1. The Bertz CT molecular complexity index is 300. The van der Waals surface area contributed by atoms with Crippen molar-refractivity contribution in [1.82, 2.24) is 5.32 Å². The average Bonchev–Trinajstić information content (AvgIpc) is 2.20. The molecular weight excluding hydrogens is 220 g/mol. The van der Waals surface area contributed by atoms with E-state index in [-0.39, 0.29) is 12.6 Å². The molecule has 1 atom stereocenters. The van der Waals surface area contributed by atoms with E-state index in [1.807, 2.05) is 6.07 Å². The zero-order valence-electron chi connectivity index (χ0n) is 10.6. The van der Waals surface area contributed by atoms with Gasteiger partial charge in [-0.3, -0.25) is 0 Å². The molecule has 17 heavy (non-hydrogen) atoms. The number of ether oxygens (including phenoxy) is 1. The molecule has 0 aromatic rings. The summed E-state index contributed by atoms with van der Waals surface area (Å²) in [5, 5.41) is 19.9. The second-order valence-corrected chi connectivity index (χ2v) is 4.63. The highest BCUT2D eigenvalue weighted by Gasteiger charge is 2.18. The number of carbonyl (C=O) groups is 1. The largest absolute Gasteiger partial charge is 0.444 e. The number of nitriles is 1. The van der Waals surface area contributed by atoms with Crippen LogP contribution in [-0.4, -0.2) is 29.4 Å². The highest BCUT2D eigenvalue weighted by Crippen LogP contribution is 2.07. The summed E-state index contributed by atoms with van der Waals surface area (Å²) >= 11 is 0. The third kappa shape index (κ3) is 9.39. The molecule has 0 aromatic heterocycles. The molecule has 0 heterocycles. The summed E-state index contributed by atoms with van der Waals surface area (Å²) < 4.78 is 5.07. The molecule has 1 unspecified atom stereocenters. The molecule has 5 heteroatoms. The lowest BCUT2D eigenvalue weighted by atomic mass is 10.1. The van der Waals surface area contributed by atoms with Crippen molar-refractivity contribution in [3.63, 3.8) is 0 Å². The molecule has 0 aliphatic heterocycles. The van der Waals surface area contributed by atoms with Gasteiger partial charge >= 0.3 is 6.09 Å². The maximum absolute atomic E-state index is 11.4. The monoisotopic (exact) mass is 240 g/mol. The van der Waals surface area contributed by atoms with Crippen LogP contribution in [0.15, 0.2) is 12.2 Å². The molecule has 0 spiro atoms. The summed E-state index contributed by atoms with van der Waals surface area (Å²) in [6.07, 6.45) is 3.71. The van der Waals surface area contributed by atoms with Crippen molar-refractivity contribution in [2.24, 2.45) is 0 Å². The molecule has 5 nitrogen and oxygen atoms in total. The van der Waals surface area contributed by atoms with Crippen LogP contribution in [0.25, 0.3) is 0 Å². The van der Waals surface area contributed by atoms with Crippen LogP contribution in [0.1, 0.15) is 33.6 Å². The molecule has 0 saturated carbocycles. The van der Waals surface area contributed by atoms with Crippen molar-refractivity contribution < 1.29 is 14.6 Å². The number of nitrogens with one attached hydrogen (secondary N) is 1. The fourth-order valence-electron chi connectivity index (χ4n) is 1.12. The quantitative estimate of drug-likeness (QED) is 0.717. The molecule has 0 radical (unpaired) electrons. The smallest absolute Gasteiger partial charge is 0.407 e. The third-order valence-electron chi connectivity index (χ3n) is 1.82. The van der Waals surface area contributed by atoms with E-state index in [2.05, 4.69) is 5.32 Å². The summed E-state index contributed by atoms with van der Waals surface area (Å²) in [5.74, 6) is 0. The Labute approximate surface area is 102 Å². The highest BCUT2D eigenvalue weighted by molar-refractivity contribution is 5.68. The topological polar surface area (TPSA) is 82.3 Å². The van der Waals surface area contributed by atoms with Gasteiger partial charge in [-0.2, -0.15) is 5.26 Å². The first-order valence-electron chi connectivity index (χ1n) is 5.54. The number of nitrogens with zero attached hydrogens (tertiary/aromatic N) is 1. The molecule has 0 bridgehead atoms. The number of hydrogen-bond acceptors (Lipinski definition) is 4. The Hall–Kier alpha value is -1.54. The predicted molar refractivity (Wildman–Crippen MR) is 64.2 cm³/mol. The summed E-state index contributed by atoms with van der Waals surface area (Å²) in [7, 11) is 0. The molecule has 96 valence electrons. The van der Waals surface area contributed by atoms with Crippen LogP contribution in [0, 0.1) is 11.3 Å². The zero-order valence-corrected chi connectivity index (χ0v) is 10.6.